The first-order chi connectivity index (χ1) is 6.02. The summed E-state index contributed by atoms with van der Waals surface area (Å²) in [5, 5.41) is 0. The van der Waals surface area contributed by atoms with Gasteiger partial charge in [-0.1, -0.05) is 24.3 Å². The van der Waals surface area contributed by atoms with Crippen molar-refractivity contribution in [2.75, 3.05) is 0 Å². The number of aryl methyl sites for hydroxylation is 1. The van der Waals surface area contributed by atoms with Crippen LogP contribution in [-0.2, 0) is 0 Å². The van der Waals surface area contributed by atoms with Crippen LogP contribution in [0, 0.1) is 6.92 Å². The second kappa shape index (κ2) is 3.44. The van der Waals surface area contributed by atoms with Crippen molar-refractivity contribution in [3.63, 3.8) is 0 Å². The second-order valence-electron chi connectivity index (χ2n) is 3.17. The molecule has 0 saturated heterocycles. The Bertz CT molecular complexity index is 366. The van der Waals surface area contributed by atoms with Gasteiger partial charge in [0, 0.05) is 5.56 Å². The summed E-state index contributed by atoms with van der Waals surface area (Å²) < 4.78 is 0. The zero-order valence-electron chi connectivity index (χ0n) is 7.92. The Labute approximate surface area is 78.1 Å². The molecule has 2 N–H and O–H groups in total. The summed E-state index contributed by atoms with van der Waals surface area (Å²) in [6, 6.07) is 5.59. The fourth-order valence-corrected chi connectivity index (χ4v) is 1.15. The van der Waals surface area contributed by atoms with E-state index in [1.165, 1.54) is 0 Å². The number of carbonyl (C=O) groups excluding carboxylic acids is 1. The van der Waals surface area contributed by atoms with E-state index in [4.69, 9.17) is 5.73 Å². The SMILES string of the molecule is C=C(C)c1ccc(C)c(C(N)=O)c1. The highest BCUT2D eigenvalue weighted by Gasteiger charge is 2.05. The summed E-state index contributed by atoms with van der Waals surface area (Å²) in [7, 11) is 0. The molecule has 1 amide bonds. The van der Waals surface area contributed by atoms with E-state index in [0.717, 1.165) is 16.7 Å². The third-order valence-electron chi connectivity index (χ3n) is 2.00. The van der Waals surface area contributed by atoms with E-state index >= 15 is 0 Å². The number of allylic oxidation sites excluding steroid dienone is 1. The van der Waals surface area contributed by atoms with E-state index < -0.39 is 0 Å². The summed E-state index contributed by atoms with van der Waals surface area (Å²) in [5.74, 6) is -0.388. The summed E-state index contributed by atoms with van der Waals surface area (Å²) in [5.41, 5.74) is 8.58. The molecule has 1 aromatic carbocycles. The lowest BCUT2D eigenvalue weighted by Crippen LogP contribution is -2.12. The summed E-state index contributed by atoms with van der Waals surface area (Å²) in [6.45, 7) is 7.57. The van der Waals surface area contributed by atoms with Gasteiger partial charge in [0.2, 0.25) is 5.91 Å². The lowest BCUT2D eigenvalue weighted by atomic mass is 10.0. The molecular weight excluding hydrogens is 162 g/mol. The van der Waals surface area contributed by atoms with E-state index in [-0.39, 0.29) is 5.91 Å². The van der Waals surface area contributed by atoms with Crippen molar-refractivity contribution < 1.29 is 4.79 Å². The molecule has 1 rings (SSSR count). The van der Waals surface area contributed by atoms with Crippen molar-refractivity contribution in [2.45, 2.75) is 13.8 Å². The molecule has 0 aliphatic rings. The smallest absolute Gasteiger partial charge is 0.248 e. The number of benzene rings is 1. The third-order valence-corrected chi connectivity index (χ3v) is 2.00. The van der Waals surface area contributed by atoms with Gasteiger partial charge in [-0.15, -0.1) is 0 Å². The Balaban J connectivity index is 3.27. The summed E-state index contributed by atoms with van der Waals surface area (Å²) >= 11 is 0. The van der Waals surface area contributed by atoms with Crippen LogP contribution >= 0.6 is 0 Å². The number of carbonyl (C=O) groups is 1. The van der Waals surface area contributed by atoms with E-state index in [9.17, 15) is 4.79 Å². The molecular formula is C11H13NO. The highest BCUT2D eigenvalue weighted by atomic mass is 16.1. The van der Waals surface area contributed by atoms with Crippen LogP contribution in [-0.4, -0.2) is 5.91 Å². The molecule has 0 aromatic heterocycles. The van der Waals surface area contributed by atoms with Gasteiger partial charge < -0.3 is 5.73 Å². The van der Waals surface area contributed by atoms with Gasteiger partial charge in [-0.3, -0.25) is 4.79 Å². The Morgan fingerprint density at radius 3 is 2.54 bits per heavy atom. The number of rotatable bonds is 2. The molecule has 0 saturated carbocycles. The van der Waals surface area contributed by atoms with Gasteiger partial charge in [0.25, 0.3) is 0 Å². The molecule has 0 bridgehead atoms. The molecule has 0 radical (unpaired) electrons. The van der Waals surface area contributed by atoms with Gasteiger partial charge in [0.05, 0.1) is 0 Å². The van der Waals surface area contributed by atoms with Crippen molar-refractivity contribution in [3.8, 4) is 0 Å². The first kappa shape index (κ1) is 9.52. The van der Waals surface area contributed by atoms with Gasteiger partial charge in [-0.25, -0.2) is 0 Å². The lowest BCUT2D eigenvalue weighted by molar-refractivity contribution is 0.0999. The van der Waals surface area contributed by atoms with Crippen LogP contribution in [0.15, 0.2) is 24.8 Å². The fourth-order valence-electron chi connectivity index (χ4n) is 1.15. The minimum absolute atomic E-state index is 0.388. The molecule has 0 aliphatic heterocycles. The quantitative estimate of drug-likeness (QED) is 0.735. The standard InChI is InChI=1S/C11H13NO/c1-7(2)9-5-4-8(3)10(6-9)11(12)13/h4-6H,1H2,2-3H3,(H2,12,13). The first-order valence-corrected chi connectivity index (χ1v) is 4.08. The molecule has 0 spiro atoms. The van der Waals surface area contributed by atoms with E-state index in [2.05, 4.69) is 6.58 Å². The molecule has 68 valence electrons. The van der Waals surface area contributed by atoms with Gasteiger partial charge in [-0.05, 0) is 31.0 Å². The topological polar surface area (TPSA) is 43.1 Å². The van der Waals surface area contributed by atoms with E-state index in [1.807, 2.05) is 26.0 Å². The predicted octanol–water partition coefficient (Wildman–Crippen LogP) is 2.13. The monoisotopic (exact) mass is 175 g/mol. The predicted molar refractivity (Wildman–Crippen MR) is 54.4 cm³/mol. The highest BCUT2D eigenvalue weighted by Crippen LogP contribution is 2.16. The fraction of sp³-hybridized carbons (Fsp3) is 0.182. The van der Waals surface area contributed by atoms with Crippen molar-refractivity contribution in [1.29, 1.82) is 0 Å². The molecule has 13 heavy (non-hydrogen) atoms. The normalized spacial score (nSPS) is 9.69. The summed E-state index contributed by atoms with van der Waals surface area (Å²) in [6.07, 6.45) is 0. The Kier molecular flexibility index (Phi) is 2.52. The Hall–Kier alpha value is -1.57. The minimum Gasteiger partial charge on any atom is -0.366 e. The average molecular weight is 175 g/mol. The zero-order valence-corrected chi connectivity index (χ0v) is 7.92. The minimum atomic E-state index is -0.388. The van der Waals surface area contributed by atoms with Crippen LogP contribution < -0.4 is 5.73 Å². The van der Waals surface area contributed by atoms with E-state index in [1.54, 1.807) is 6.07 Å². The molecule has 0 unspecified atom stereocenters. The third kappa shape index (κ3) is 1.96. The molecule has 1 aromatic rings. The summed E-state index contributed by atoms with van der Waals surface area (Å²) in [4.78, 5) is 11.0. The molecule has 0 atom stereocenters. The molecule has 0 fully saturated rings. The van der Waals surface area contributed by atoms with Crippen LogP contribution in [0.2, 0.25) is 0 Å². The molecule has 0 heterocycles. The van der Waals surface area contributed by atoms with E-state index in [0.29, 0.717) is 5.56 Å². The maximum atomic E-state index is 11.0. The maximum Gasteiger partial charge on any atom is 0.248 e. The first-order valence-electron chi connectivity index (χ1n) is 4.08. The zero-order chi connectivity index (χ0) is 10.0. The van der Waals surface area contributed by atoms with Crippen LogP contribution in [0.4, 0.5) is 0 Å². The van der Waals surface area contributed by atoms with Crippen LogP contribution in [0.3, 0.4) is 0 Å². The number of hydrogen-bond donors (Lipinski definition) is 1. The maximum absolute atomic E-state index is 11.0. The highest BCUT2D eigenvalue weighted by molar-refractivity contribution is 5.95. The van der Waals surface area contributed by atoms with Gasteiger partial charge in [-0.2, -0.15) is 0 Å². The molecule has 2 nitrogen and oxygen atoms in total. The largest absolute Gasteiger partial charge is 0.366 e. The molecule has 0 aliphatic carbocycles. The van der Waals surface area contributed by atoms with Crippen LogP contribution in [0.1, 0.15) is 28.4 Å². The van der Waals surface area contributed by atoms with Crippen molar-refractivity contribution in [2.24, 2.45) is 5.73 Å². The number of amides is 1. The van der Waals surface area contributed by atoms with Crippen LogP contribution in [0.25, 0.3) is 5.57 Å². The number of hydrogen-bond acceptors (Lipinski definition) is 1. The second-order valence-corrected chi connectivity index (χ2v) is 3.17. The lowest BCUT2D eigenvalue weighted by Gasteiger charge is -2.05. The van der Waals surface area contributed by atoms with Gasteiger partial charge >= 0.3 is 0 Å². The Morgan fingerprint density at radius 1 is 1.46 bits per heavy atom. The van der Waals surface area contributed by atoms with Gasteiger partial charge in [0.15, 0.2) is 0 Å². The Morgan fingerprint density at radius 2 is 2.08 bits per heavy atom. The van der Waals surface area contributed by atoms with Crippen molar-refractivity contribution in [3.05, 3.63) is 41.5 Å². The van der Waals surface area contributed by atoms with Crippen molar-refractivity contribution in [1.82, 2.24) is 0 Å². The number of primary amides is 1. The molecule has 2 heteroatoms. The number of nitrogens with two attached hydrogens (primary N) is 1. The van der Waals surface area contributed by atoms with Crippen LogP contribution in [0.5, 0.6) is 0 Å². The van der Waals surface area contributed by atoms with Crippen molar-refractivity contribution >= 4 is 11.5 Å². The van der Waals surface area contributed by atoms with Gasteiger partial charge in [0.1, 0.15) is 0 Å². The average Bonchev–Trinajstić information content (AvgIpc) is 2.04.